The molecule has 1 nitrogen and oxygen atoms in total. The zero-order chi connectivity index (χ0) is 12.4. The molecule has 1 aliphatic heterocycles. The molecule has 94 valence electrons. The zero-order valence-electron chi connectivity index (χ0n) is 10.9. The number of fused-ring (bicyclic) bond motifs is 1. The fourth-order valence-electron chi connectivity index (χ4n) is 2.55. The molecule has 1 heterocycles. The van der Waals surface area contributed by atoms with Gasteiger partial charge in [-0.3, -0.25) is 0 Å². The molecule has 2 rings (SSSR count). The van der Waals surface area contributed by atoms with Crippen molar-refractivity contribution in [3.8, 4) is 5.75 Å². The van der Waals surface area contributed by atoms with Gasteiger partial charge in [-0.25, -0.2) is 0 Å². The van der Waals surface area contributed by atoms with E-state index in [-0.39, 0.29) is 5.38 Å². The molecule has 3 atom stereocenters. The lowest BCUT2D eigenvalue weighted by Crippen LogP contribution is -2.21. The van der Waals surface area contributed by atoms with Crippen LogP contribution in [0.4, 0.5) is 0 Å². The summed E-state index contributed by atoms with van der Waals surface area (Å²) >= 11 is 6.28. The average Bonchev–Trinajstić information content (AvgIpc) is 2.69. The van der Waals surface area contributed by atoms with Crippen LogP contribution in [0.15, 0.2) is 18.2 Å². The number of ether oxygens (including phenoxy) is 1. The SMILES string of the molecule is CCC(Cl)C(C)CC1Cc2cc(C)ccc2O1. The lowest BCUT2D eigenvalue weighted by molar-refractivity contribution is 0.195. The zero-order valence-corrected chi connectivity index (χ0v) is 11.6. The number of hydrogen-bond donors (Lipinski definition) is 0. The maximum absolute atomic E-state index is 6.28. The van der Waals surface area contributed by atoms with Gasteiger partial charge in [0.1, 0.15) is 11.9 Å². The molecular formula is C15H21ClO. The van der Waals surface area contributed by atoms with Crippen LogP contribution in [0.2, 0.25) is 0 Å². The normalized spacial score (nSPS) is 21.8. The van der Waals surface area contributed by atoms with Gasteiger partial charge in [0.2, 0.25) is 0 Å². The Hall–Kier alpha value is -0.690. The Morgan fingerprint density at radius 1 is 1.47 bits per heavy atom. The first-order valence-electron chi connectivity index (χ1n) is 6.50. The van der Waals surface area contributed by atoms with E-state index in [0.717, 1.165) is 25.0 Å². The maximum Gasteiger partial charge on any atom is 0.123 e. The van der Waals surface area contributed by atoms with E-state index >= 15 is 0 Å². The third-order valence-electron chi connectivity index (χ3n) is 3.60. The number of benzene rings is 1. The van der Waals surface area contributed by atoms with Crippen molar-refractivity contribution in [2.75, 3.05) is 0 Å². The Balaban J connectivity index is 1.96. The quantitative estimate of drug-likeness (QED) is 0.725. The Labute approximate surface area is 109 Å². The molecule has 17 heavy (non-hydrogen) atoms. The van der Waals surface area contributed by atoms with Crippen LogP contribution in [0.3, 0.4) is 0 Å². The third kappa shape index (κ3) is 2.95. The summed E-state index contributed by atoms with van der Waals surface area (Å²) < 4.78 is 5.97. The second kappa shape index (κ2) is 5.30. The highest BCUT2D eigenvalue weighted by Crippen LogP contribution is 2.33. The van der Waals surface area contributed by atoms with E-state index in [2.05, 4.69) is 39.0 Å². The number of alkyl halides is 1. The van der Waals surface area contributed by atoms with Crippen LogP contribution < -0.4 is 4.74 Å². The lowest BCUT2D eigenvalue weighted by Gasteiger charge is -2.20. The van der Waals surface area contributed by atoms with Gasteiger partial charge in [0.25, 0.3) is 0 Å². The predicted octanol–water partition coefficient (Wildman–Crippen LogP) is 4.34. The molecule has 3 unspecified atom stereocenters. The summed E-state index contributed by atoms with van der Waals surface area (Å²) in [5.74, 6) is 1.58. The first-order valence-corrected chi connectivity index (χ1v) is 6.94. The molecular weight excluding hydrogens is 232 g/mol. The van der Waals surface area contributed by atoms with Crippen molar-refractivity contribution in [2.45, 2.75) is 51.5 Å². The van der Waals surface area contributed by atoms with Gasteiger partial charge in [0.05, 0.1) is 0 Å². The van der Waals surface area contributed by atoms with E-state index in [0.29, 0.717) is 12.0 Å². The molecule has 0 amide bonds. The molecule has 0 bridgehead atoms. The van der Waals surface area contributed by atoms with Crippen molar-refractivity contribution in [3.05, 3.63) is 29.3 Å². The predicted molar refractivity (Wildman–Crippen MR) is 73.0 cm³/mol. The molecule has 1 aromatic rings. The molecule has 0 radical (unpaired) electrons. The summed E-state index contributed by atoms with van der Waals surface area (Å²) in [5, 5.41) is 0.268. The van der Waals surface area contributed by atoms with Crippen molar-refractivity contribution in [1.82, 2.24) is 0 Å². The van der Waals surface area contributed by atoms with Crippen molar-refractivity contribution < 1.29 is 4.74 Å². The molecule has 0 fully saturated rings. The summed E-state index contributed by atoms with van der Waals surface area (Å²) in [7, 11) is 0. The maximum atomic E-state index is 6.28. The number of rotatable bonds is 4. The Morgan fingerprint density at radius 2 is 2.24 bits per heavy atom. The summed E-state index contributed by atoms with van der Waals surface area (Å²) in [6, 6.07) is 6.44. The topological polar surface area (TPSA) is 9.23 Å². The van der Waals surface area contributed by atoms with Crippen LogP contribution in [-0.4, -0.2) is 11.5 Å². The van der Waals surface area contributed by atoms with Gasteiger partial charge in [0, 0.05) is 11.8 Å². The van der Waals surface area contributed by atoms with Gasteiger partial charge in [-0.15, -0.1) is 11.6 Å². The molecule has 0 N–H and O–H groups in total. The van der Waals surface area contributed by atoms with Gasteiger partial charge in [-0.2, -0.15) is 0 Å². The third-order valence-corrected chi connectivity index (χ3v) is 4.34. The fourth-order valence-corrected chi connectivity index (χ4v) is 2.65. The second-order valence-corrected chi connectivity index (χ2v) is 5.75. The number of hydrogen-bond acceptors (Lipinski definition) is 1. The molecule has 1 aromatic carbocycles. The van der Waals surface area contributed by atoms with Gasteiger partial charge >= 0.3 is 0 Å². The Morgan fingerprint density at radius 3 is 2.94 bits per heavy atom. The van der Waals surface area contributed by atoms with Crippen LogP contribution in [0.25, 0.3) is 0 Å². The molecule has 0 aromatic heterocycles. The van der Waals surface area contributed by atoms with E-state index in [1.807, 2.05) is 0 Å². The van der Waals surface area contributed by atoms with Crippen LogP contribution in [0.5, 0.6) is 5.75 Å². The highest BCUT2D eigenvalue weighted by molar-refractivity contribution is 6.20. The van der Waals surface area contributed by atoms with Crippen LogP contribution in [0.1, 0.15) is 37.8 Å². The Bertz CT molecular complexity index is 389. The Kier molecular flexibility index (Phi) is 3.98. The van der Waals surface area contributed by atoms with Gasteiger partial charge in [0.15, 0.2) is 0 Å². The molecule has 0 saturated carbocycles. The van der Waals surface area contributed by atoms with Crippen molar-refractivity contribution in [2.24, 2.45) is 5.92 Å². The molecule has 1 aliphatic rings. The van der Waals surface area contributed by atoms with Crippen LogP contribution in [0, 0.1) is 12.8 Å². The first-order chi connectivity index (χ1) is 8.10. The largest absolute Gasteiger partial charge is 0.490 e. The minimum Gasteiger partial charge on any atom is -0.490 e. The summed E-state index contributed by atoms with van der Waals surface area (Å²) in [6.45, 7) is 6.49. The fraction of sp³-hybridized carbons (Fsp3) is 0.600. The smallest absolute Gasteiger partial charge is 0.123 e. The summed E-state index contributed by atoms with van der Waals surface area (Å²) in [4.78, 5) is 0. The second-order valence-electron chi connectivity index (χ2n) is 5.19. The van der Waals surface area contributed by atoms with E-state index in [1.54, 1.807) is 0 Å². The molecule has 0 saturated heterocycles. The summed E-state index contributed by atoms with van der Waals surface area (Å²) in [6.07, 6.45) is 3.43. The minimum atomic E-state index is 0.268. The van der Waals surface area contributed by atoms with Crippen LogP contribution >= 0.6 is 11.6 Å². The minimum absolute atomic E-state index is 0.268. The highest BCUT2D eigenvalue weighted by Gasteiger charge is 2.26. The first kappa shape index (κ1) is 12.8. The lowest BCUT2D eigenvalue weighted by atomic mass is 9.95. The average molecular weight is 253 g/mol. The van der Waals surface area contributed by atoms with E-state index in [9.17, 15) is 0 Å². The van der Waals surface area contributed by atoms with E-state index < -0.39 is 0 Å². The number of halogens is 1. The van der Waals surface area contributed by atoms with Crippen molar-refractivity contribution in [1.29, 1.82) is 0 Å². The monoisotopic (exact) mass is 252 g/mol. The van der Waals surface area contributed by atoms with Gasteiger partial charge in [-0.1, -0.05) is 31.5 Å². The highest BCUT2D eigenvalue weighted by atomic mass is 35.5. The van der Waals surface area contributed by atoms with Crippen molar-refractivity contribution in [3.63, 3.8) is 0 Å². The van der Waals surface area contributed by atoms with Crippen LogP contribution in [-0.2, 0) is 6.42 Å². The van der Waals surface area contributed by atoms with E-state index in [1.165, 1.54) is 11.1 Å². The van der Waals surface area contributed by atoms with Gasteiger partial charge in [-0.05, 0) is 37.3 Å². The number of aryl methyl sites for hydroxylation is 1. The summed E-state index contributed by atoms with van der Waals surface area (Å²) in [5.41, 5.74) is 2.66. The standard InChI is InChI=1S/C15H21ClO/c1-4-14(16)11(3)8-13-9-12-7-10(2)5-6-15(12)17-13/h5-7,11,13-14H,4,8-9H2,1-3H3. The molecule has 0 aliphatic carbocycles. The molecule has 2 heteroatoms. The van der Waals surface area contributed by atoms with Gasteiger partial charge < -0.3 is 4.74 Å². The van der Waals surface area contributed by atoms with Crippen molar-refractivity contribution >= 4 is 11.6 Å². The molecule has 0 spiro atoms. The van der Waals surface area contributed by atoms with E-state index in [4.69, 9.17) is 16.3 Å².